The first kappa shape index (κ1) is 15.7. The van der Waals surface area contributed by atoms with Crippen LogP contribution in [0.25, 0.3) is 0 Å². The van der Waals surface area contributed by atoms with Crippen molar-refractivity contribution in [2.24, 2.45) is 0 Å². The molecule has 2 N–H and O–H groups in total. The van der Waals surface area contributed by atoms with Gasteiger partial charge in [0.15, 0.2) is 0 Å². The maximum Gasteiger partial charge on any atom is 0.329 e. The molecule has 1 heterocycles. The Hall–Kier alpha value is -1.34. The van der Waals surface area contributed by atoms with Crippen LogP contribution in [0.2, 0.25) is 0 Å². The second-order valence-electron chi connectivity index (χ2n) is 4.86. The highest BCUT2D eigenvalue weighted by atomic mass is 16.5. The topological polar surface area (TPSA) is 88.1 Å². The van der Waals surface area contributed by atoms with Gasteiger partial charge in [0.2, 0.25) is 0 Å². The molecule has 0 aliphatic carbocycles. The van der Waals surface area contributed by atoms with Crippen molar-refractivity contribution in [3.05, 3.63) is 0 Å². The summed E-state index contributed by atoms with van der Waals surface area (Å²) in [7, 11) is 1.65. The molecular weight excluding hydrogens is 252 g/mol. The third-order valence-corrected chi connectivity index (χ3v) is 3.19. The molecule has 0 aromatic carbocycles. The molecule has 0 radical (unpaired) electrons. The molecule has 19 heavy (non-hydrogen) atoms. The number of urea groups is 1. The summed E-state index contributed by atoms with van der Waals surface area (Å²) in [6.45, 7) is 3.40. The highest BCUT2D eigenvalue weighted by Crippen LogP contribution is 2.23. The molecule has 1 aliphatic heterocycles. The van der Waals surface area contributed by atoms with Gasteiger partial charge >= 0.3 is 12.0 Å². The smallest absolute Gasteiger partial charge is 0.329 e. The summed E-state index contributed by atoms with van der Waals surface area (Å²) in [5, 5.41) is 11.1. The highest BCUT2D eigenvalue weighted by Gasteiger charge is 2.32. The van der Waals surface area contributed by atoms with Crippen LogP contribution in [0.1, 0.15) is 19.8 Å². The van der Waals surface area contributed by atoms with E-state index < -0.39 is 5.97 Å². The van der Waals surface area contributed by atoms with Gasteiger partial charge in [0.1, 0.15) is 6.61 Å². The van der Waals surface area contributed by atoms with E-state index in [1.165, 1.54) is 0 Å². The molecule has 0 bridgehead atoms. The Morgan fingerprint density at radius 3 is 2.84 bits per heavy atom. The molecule has 1 unspecified atom stereocenters. The fourth-order valence-corrected chi connectivity index (χ4v) is 2.05. The van der Waals surface area contributed by atoms with Gasteiger partial charge in [-0.25, -0.2) is 9.59 Å². The normalized spacial score (nSPS) is 23.2. The summed E-state index contributed by atoms with van der Waals surface area (Å²) in [5.41, 5.74) is -0.282. The minimum absolute atomic E-state index is 0.165. The maximum absolute atomic E-state index is 11.9. The van der Waals surface area contributed by atoms with E-state index in [-0.39, 0.29) is 24.8 Å². The number of hydrogen-bond donors (Lipinski definition) is 2. The number of ether oxygens (including phenoxy) is 2. The van der Waals surface area contributed by atoms with E-state index in [1.807, 2.05) is 6.92 Å². The molecule has 1 atom stereocenters. The van der Waals surface area contributed by atoms with Crippen molar-refractivity contribution in [1.29, 1.82) is 0 Å². The van der Waals surface area contributed by atoms with Crippen molar-refractivity contribution in [2.75, 3.05) is 40.0 Å². The van der Waals surface area contributed by atoms with E-state index in [1.54, 1.807) is 12.0 Å². The van der Waals surface area contributed by atoms with Gasteiger partial charge < -0.3 is 24.8 Å². The lowest BCUT2D eigenvalue weighted by Gasteiger charge is -2.39. The molecule has 1 aliphatic rings. The van der Waals surface area contributed by atoms with Crippen molar-refractivity contribution in [3.8, 4) is 0 Å². The van der Waals surface area contributed by atoms with Gasteiger partial charge in [0.05, 0.1) is 18.8 Å². The minimum Gasteiger partial charge on any atom is -0.480 e. The summed E-state index contributed by atoms with van der Waals surface area (Å²) < 4.78 is 10.3. The molecule has 7 nitrogen and oxygen atoms in total. The van der Waals surface area contributed by atoms with Crippen LogP contribution >= 0.6 is 0 Å². The number of carbonyl (C=O) groups is 2. The molecule has 7 heteroatoms. The van der Waals surface area contributed by atoms with Crippen molar-refractivity contribution < 1.29 is 24.2 Å². The first-order chi connectivity index (χ1) is 8.97. The number of methoxy groups -OCH3 is 1. The molecule has 0 aromatic rings. The number of carbonyl (C=O) groups excluding carboxylic acids is 1. The molecule has 0 spiro atoms. The zero-order valence-electron chi connectivity index (χ0n) is 11.5. The lowest BCUT2D eigenvalue weighted by Crippen LogP contribution is -2.52. The van der Waals surface area contributed by atoms with Gasteiger partial charge in [-0.2, -0.15) is 0 Å². The zero-order valence-corrected chi connectivity index (χ0v) is 11.5. The van der Waals surface area contributed by atoms with Crippen molar-refractivity contribution in [3.63, 3.8) is 0 Å². The van der Waals surface area contributed by atoms with Gasteiger partial charge in [-0.3, -0.25) is 0 Å². The van der Waals surface area contributed by atoms with Crippen LogP contribution < -0.4 is 5.32 Å². The Bertz CT molecular complexity index is 323. The third-order valence-electron chi connectivity index (χ3n) is 3.19. The van der Waals surface area contributed by atoms with Crippen molar-refractivity contribution in [1.82, 2.24) is 10.2 Å². The summed E-state index contributed by atoms with van der Waals surface area (Å²) >= 11 is 0. The Morgan fingerprint density at radius 1 is 1.47 bits per heavy atom. The average Bonchev–Trinajstić information content (AvgIpc) is 2.38. The number of nitrogens with zero attached hydrogens (tertiary/aromatic N) is 1. The van der Waals surface area contributed by atoms with E-state index in [9.17, 15) is 9.59 Å². The van der Waals surface area contributed by atoms with Crippen LogP contribution in [0, 0.1) is 0 Å². The quantitative estimate of drug-likeness (QED) is 0.680. The highest BCUT2D eigenvalue weighted by molar-refractivity contribution is 5.74. The Balaban J connectivity index is 2.24. The van der Waals surface area contributed by atoms with Gasteiger partial charge in [-0.15, -0.1) is 0 Å². The van der Waals surface area contributed by atoms with Crippen LogP contribution in [0.5, 0.6) is 0 Å². The Kier molecular flexibility index (Phi) is 6.04. The van der Waals surface area contributed by atoms with E-state index in [0.717, 1.165) is 12.8 Å². The van der Waals surface area contributed by atoms with Crippen LogP contribution in [-0.4, -0.2) is 67.6 Å². The van der Waals surface area contributed by atoms with Crippen LogP contribution in [0.3, 0.4) is 0 Å². The number of carboxylic acid groups (broad SMARTS) is 1. The number of aliphatic carboxylic acids is 1. The number of carboxylic acids is 1. The fourth-order valence-electron chi connectivity index (χ4n) is 2.05. The van der Waals surface area contributed by atoms with Gasteiger partial charge in [0, 0.05) is 20.2 Å². The lowest BCUT2D eigenvalue weighted by atomic mass is 9.95. The number of amides is 2. The predicted molar refractivity (Wildman–Crippen MR) is 68.1 cm³/mol. The molecule has 1 fully saturated rings. The molecule has 0 saturated carbocycles. The summed E-state index contributed by atoms with van der Waals surface area (Å²) in [4.78, 5) is 23.8. The number of piperidine rings is 1. The first-order valence-electron chi connectivity index (χ1n) is 6.34. The Labute approximate surface area is 112 Å². The first-order valence-corrected chi connectivity index (χ1v) is 6.34. The number of rotatable bonds is 6. The van der Waals surface area contributed by atoms with E-state index in [4.69, 9.17) is 14.6 Å². The fraction of sp³-hybridized carbons (Fsp3) is 0.833. The number of likely N-dealkylation sites (tertiary alicyclic amines) is 1. The summed E-state index contributed by atoms with van der Waals surface area (Å²) in [6.07, 6.45) is 1.85. The SMILES string of the molecule is COC1(C)CCCN(C(=O)NCCOCC(=O)O)C1. The minimum atomic E-state index is -1.02. The third kappa shape index (κ3) is 5.44. The standard InChI is InChI=1S/C12H22N2O5/c1-12(18-2)4-3-6-14(9-12)11(17)13-5-7-19-8-10(15)16/h3-9H2,1-2H3,(H,13,17)(H,15,16). The molecule has 110 valence electrons. The van der Waals surface area contributed by atoms with E-state index in [0.29, 0.717) is 19.6 Å². The van der Waals surface area contributed by atoms with Crippen molar-refractivity contribution >= 4 is 12.0 Å². The molecular formula is C12H22N2O5. The van der Waals surface area contributed by atoms with E-state index in [2.05, 4.69) is 5.32 Å². The average molecular weight is 274 g/mol. The molecule has 1 saturated heterocycles. The molecule has 1 rings (SSSR count). The number of nitrogens with one attached hydrogen (secondary N) is 1. The summed E-state index contributed by atoms with van der Waals surface area (Å²) in [5.74, 6) is -1.02. The Morgan fingerprint density at radius 2 is 2.21 bits per heavy atom. The van der Waals surface area contributed by atoms with Gasteiger partial charge in [-0.05, 0) is 19.8 Å². The number of hydrogen-bond acceptors (Lipinski definition) is 4. The van der Waals surface area contributed by atoms with Gasteiger partial charge in [0.25, 0.3) is 0 Å². The van der Waals surface area contributed by atoms with Gasteiger partial charge in [-0.1, -0.05) is 0 Å². The lowest BCUT2D eigenvalue weighted by molar-refractivity contribution is -0.142. The van der Waals surface area contributed by atoms with Crippen LogP contribution in [0.15, 0.2) is 0 Å². The molecule has 2 amide bonds. The molecule has 0 aromatic heterocycles. The van der Waals surface area contributed by atoms with Crippen molar-refractivity contribution in [2.45, 2.75) is 25.4 Å². The predicted octanol–water partition coefficient (Wildman–Crippen LogP) is 0.298. The monoisotopic (exact) mass is 274 g/mol. The van der Waals surface area contributed by atoms with E-state index >= 15 is 0 Å². The summed E-state index contributed by atoms with van der Waals surface area (Å²) in [6, 6.07) is -0.165. The zero-order chi connectivity index (χ0) is 14.3. The van der Waals surface area contributed by atoms with Crippen LogP contribution in [0.4, 0.5) is 4.79 Å². The second kappa shape index (κ2) is 7.30. The maximum atomic E-state index is 11.9. The largest absolute Gasteiger partial charge is 0.480 e. The second-order valence-corrected chi connectivity index (χ2v) is 4.86. The van der Waals surface area contributed by atoms with Crippen LogP contribution in [-0.2, 0) is 14.3 Å².